The fraction of sp³-hybridized carbons (Fsp3) is 0.909. The molecule has 2 bridgehead atoms. The summed E-state index contributed by atoms with van der Waals surface area (Å²) in [7, 11) is -5.17. The summed E-state index contributed by atoms with van der Waals surface area (Å²) in [5, 5.41) is 0. The Morgan fingerprint density at radius 1 is 1.33 bits per heavy atom. The quantitative estimate of drug-likeness (QED) is 0.782. The first-order valence-corrected chi connectivity index (χ1v) is 7.40. The molecule has 0 spiro atoms. The van der Waals surface area contributed by atoms with Crippen LogP contribution in [-0.2, 0) is 14.6 Å². The predicted molar refractivity (Wildman–Crippen MR) is 58.4 cm³/mol. The van der Waals surface area contributed by atoms with Crippen LogP contribution in [0.1, 0.15) is 33.1 Å². The topological polar surface area (TPSA) is 51.2 Å². The minimum Gasteiger partial charge on any atom is -0.299 e. The van der Waals surface area contributed by atoms with E-state index in [0.29, 0.717) is 12.8 Å². The minimum atomic E-state index is -5.23. The van der Waals surface area contributed by atoms with Gasteiger partial charge >= 0.3 is 5.51 Å². The van der Waals surface area contributed by atoms with E-state index in [1.807, 2.05) is 0 Å². The standard InChI is InChI=1S/C11H15F3O3S/c1-9(2)7-3-4-10(9,5-8(7)15)6-18(16,17)11(12,13)14/h7H,3-6H2,1-2H3. The van der Waals surface area contributed by atoms with E-state index >= 15 is 0 Å². The second-order valence-corrected chi connectivity index (χ2v) is 7.92. The molecule has 18 heavy (non-hydrogen) atoms. The summed E-state index contributed by atoms with van der Waals surface area (Å²) in [6.07, 6.45) is 0.838. The molecule has 2 atom stereocenters. The van der Waals surface area contributed by atoms with Crippen LogP contribution in [-0.4, -0.2) is 25.5 Å². The first-order chi connectivity index (χ1) is 7.93. The summed E-state index contributed by atoms with van der Waals surface area (Å²) in [5.74, 6) is -1.34. The number of halogens is 3. The van der Waals surface area contributed by atoms with Crippen LogP contribution in [0.3, 0.4) is 0 Å². The van der Waals surface area contributed by atoms with Crippen molar-refractivity contribution in [3.8, 4) is 0 Å². The zero-order valence-corrected chi connectivity index (χ0v) is 11.0. The highest BCUT2D eigenvalue weighted by atomic mass is 32.2. The Bertz CT molecular complexity index is 492. The van der Waals surface area contributed by atoms with E-state index in [9.17, 15) is 26.4 Å². The first kappa shape index (κ1) is 13.8. The zero-order chi connectivity index (χ0) is 14.0. The fourth-order valence-electron chi connectivity index (χ4n) is 3.56. The molecule has 0 saturated heterocycles. The van der Waals surface area contributed by atoms with Crippen molar-refractivity contribution in [3.63, 3.8) is 0 Å². The molecule has 2 unspecified atom stereocenters. The summed E-state index contributed by atoms with van der Waals surface area (Å²) >= 11 is 0. The number of carbonyl (C=O) groups is 1. The summed E-state index contributed by atoms with van der Waals surface area (Å²) in [6, 6.07) is 0. The maximum Gasteiger partial charge on any atom is 0.497 e. The molecule has 0 radical (unpaired) electrons. The van der Waals surface area contributed by atoms with Crippen molar-refractivity contribution < 1.29 is 26.4 Å². The van der Waals surface area contributed by atoms with E-state index in [2.05, 4.69) is 0 Å². The van der Waals surface area contributed by atoms with Gasteiger partial charge in [-0.3, -0.25) is 4.79 Å². The molecule has 2 aliphatic rings. The van der Waals surface area contributed by atoms with Crippen molar-refractivity contribution in [2.24, 2.45) is 16.7 Å². The van der Waals surface area contributed by atoms with Crippen LogP contribution < -0.4 is 0 Å². The Hall–Kier alpha value is -0.590. The average molecular weight is 284 g/mol. The number of rotatable bonds is 2. The number of hydrogen-bond donors (Lipinski definition) is 0. The van der Waals surface area contributed by atoms with Gasteiger partial charge in [-0.25, -0.2) is 8.42 Å². The van der Waals surface area contributed by atoms with E-state index in [0.717, 1.165) is 0 Å². The van der Waals surface area contributed by atoms with Crippen molar-refractivity contribution in [1.82, 2.24) is 0 Å². The molecule has 2 saturated carbocycles. The van der Waals surface area contributed by atoms with E-state index in [1.165, 1.54) is 0 Å². The van der Waals surface area contributed by atoms with Gasteiger partial charge in [0.25, 0.3) is 0 Å². The van der Waals surface area contributed by atoms with Gasteiger partial charge in [-0.05, 0) is 23.7 Å². The molecule has 104 valence electrons. The maximum absolute atomic E-state index is 12.5. The number of carbonyl (C=O) groups excluding carboxylic acids is 1. The molecule has 0 amide bonds. The second-order valence-electron chi connectivity index (χ2n) is 5.94. The van der Waals surface area contributed by atoms with Crippen molar-refractivity contribution in [1.29, 1.82) is 0 Å². The van der Waals surface area contributed by atoms with Gasteiger partial charge in [-0.1, -0.05) is 13.8 Å². The Balaban J connectivity index is 2.38. The van der Waals surface area contributed by atoms with Crippen LogP contribution in [0.15, 0.2) is 0 Å². The highest BCUT2D eigenvalue weighted by Crippen LogP contribution is 2.65. The summed E-state index contributed by atoms with van der Waals surface area (Å²) in [4.78, 5) is 11.7. The third-order valence-electron chi connectivity index (χ3n) is 4.87. The van der Waals surface area contributed by atoms with Crippen LogP contribution in [0.25, 0.3) is 0 Å². The molecule has 7 heteroatoms. The number of Topliss-reactive ketones (excluding diaryl/α,β-unsaturated/α-hetero) is 1. The SMILES string of the molecule is CC1(C)C2CCC1(CS(=O)(=O)C(F)(F)F)CC2=O. The van der Waals surface area contributed by atoms with Crippen molar-refractivity contribution in [2.45, 2.75) is 38.6 Å². The second kappa shape index (κ2) is 3.49. The summed E-state index contributed by atoms with van der Waals surface area (Å²) in [5.41, 5.74) is -6.94. The lowest BCUT2D eigenvalue weighted by Gasteiger charge is -2.36. The summed E-state index contributed by atoms with van der Waals surface area (Å²) in [6.45, 7) is 3.42. The molecule has 0 aromatic carbocycles. The number of hydrogen-bond acceptors (Lipinski definition) is 3. The van der Waals surface area contributed by atoms with Crippen molar-refractivity contribution >= 4 is 15.6 Å². The van der Waals surface area contributed by atoms with E-state index < -0.39 is 31.9 Å². The Kier molecular flexibility index (Phi) is 2.68. The third kappa shape index (κ3) is 1.62. The van der Waals surface area contributed by atoms with Crippen molar-refractivity contribution in [2.75, 3.05) is 5.75 Å². The smallest absolute Gasteiger partial charge is 0.299 e. The maximum atomic E-state index is 12.5. The molecule has 2 rings (SSSR count). The molecule has 3 nitrogen and oxygen atoms in total. The van der Waals surface area contributed by atoms with Crippen molar-refractivity contribution in [3.05, 3.63) is 0 Å². The van der Waals surface area contributed by atoms with Crippen LogP contribution in [0.4, 0.5) is 13.2 Å². The van der Waals surface area contributed by atoms with Gasteiger partial charge < -0.3 is 0 Å². The molecule has 0 heterocycles. The van der Waals surface area contributed by atoms with Crippen LogP contribution in [0, 0.1) is 16.7 Å². The van der Waals surface area contributed by atoms with Crippen LogP contribution in [0.5, 0.6) is 0 Å². The van der Waals surface area contributed by atoms with Gasteiger partial charge in [0.15, 0.2) is 0 Å². The largest absolute Gasteiger partial charge is 0.497 e. The molecular formula is C11H15F3O3S. The van der Waals surface area contributed by atoms with E-state index in [-0.39, 0.29) is 18.1 Å². The molecular weight excluding hydrogens is 269 g/mol. The van der Waals surface area contributed by atoms with Crippen LogP contribution >= 0.6 is 0 Å². The molecule has 2 fully saturated rings. The molecule has 2 aliphatic carbocycles. The average Bonchev–Trinajstić information content (AvgIpc) is 2.45. The lowest BCUT2D eigenvalue weighted by Crippen LogP contribution is -2.41. The van der Waals surface area contributed by atoms with Gasteiger partial charge in [-0.15, -0.1) is 0 Å². The molecule has 0 aliphatic heterocycles. The van der Waals surface area contributed by atoms with E-state index in [4.69, 9.17) is 0 Å². The fourth-order valence-corrected chi connectivity index (χ4v) is 5.07. The number of ketones is 1. The predicted octanol–water partition coefficient (Wildman–Crippen LogP) is 2.32. The number of sulfone groups is 1. The van der Waals surface area contributed by atoms with E-state index in [1.54, 1.807) is 13.8 Å². The number of fused-ring (bicyclic) bond motifs is 2. The van der Waals surface area contributed by atoms with Crippen LogP contribution in [0.2, 0.25) is 0 Å². The Morgan fingerprint density at radius 2 is 1.89 bits per heavy atom. The number of alkyl halides is 3. The molecule has 0 aromatic rings. The lowest BCUT2D eigenvalue weighted by atomic mass is 9.71. The molecule has 0 N–H and O–H groups in total. The van der Waals surface area contributed by atoms with Gasteiger partial charge in [0.05, 0.1) is 5.75 Å². The van der Waals surface area contributed by atoms with Gasteiger partial charge in [0, 0.05) is 12.3 Å². The van der Waals surface area contributed by atoms with Gasteiger partial charge in [0.1, 0.15) is 5.78 Å². The van der Waals surface area contributed by atoms with Gasteiger partial charge in [-0.2, -0.15) is 13.2 Å². The molecule has 0 aromatic heterocycles. The Morgan fingerprint density at radius 3 is 2.22 bits per heavy atom. The highest BCUT2D eigenvalue weighted by Gasteiger charge is 2.66. The first-order valence-electron chi connectivity index (χ1n) is 5.75. The summed E-state index contributed by atoms with van der Waals surface area (Å²) < 4.78 is 60.1. The zero-order valence-electron chi connectivity index (χ0n) is 10.2. The lowest BCUT2D eigenvalue weighted by molar-refractivity contribution is -0.122. The third-order valence-corrected chi connectivity index (χ3v) is 6.51. The van der Waals surface area contributed by atoms with Gasteiger partial charge in [0.2, 0.25) is 9.84 Å². The highest BCUT2D eigenvalue weighted by molar-refractivity contribution is 7.92. The Labute approximate surface area is 104 Å². The monoisotopic (exact) mass is 284 g/mol. The minimum absolute atomic E-state index is 0.0417. The normalized spacial score (nSPS) is 35.2.